The molecule has 0 aromatic carbocycles. The molecule has 1 aromatic heterocycles. The number of rotatable bonds is 5. The van der Waals surface area contributed by atoms with E-state index in [1.807, 2.05) is 19.0 Å². The minimum absolute atomic E-state index is 0.145. The lowest BCUT2D eigenvalue weighted by molar-refractivity contribution is 0.324. The van der Waals surface area contributed by atoms with Gasteiger partial charge in [-0.05, 0) is 26.4 Å². The van der Waals surface area contributed by atoms with Gasteiger partial charge >= 0.3 is 0 Å². The molecule has 0 aliphatic rings. The highest BCUT2D eigenvalue weighted by Crippen LogP contribution is 2.16. The summed E-state index contributed by atoms with van der Waals surface area (Å²) in [7, 11) is 3.92. The van der Waals surface area contributed by atoms with E-state index in [1.54, 1.807) is 0 Å². The molecule has 15 heavy (non-hydrogen) atoms. The summed E-state index contributed by atoms with van der Waals surface area (Å²) in [5, 5.41) is 3.88. The summed E-state index contributed by atoms with van der Waals surface area (Å²) in [5.74, 6) is 1.76. The van der Waals surface area contributed by atoms with Crippen LogP contribution in [-0.4, -0.2) is 29.1 Å². The van der Waals surface area contributed by atoms with E-state index in [0.29, 0.717) is 24.2 Å². The van der Waals surface area contributed by atoms with E-state index >= 15 is 0 Å². The van der Waals surface area contributed by atoms with Gasteiger partial charge in [0.1, 0.15) is 0 Å². The Morgan fingerprint density at radius 2 is 2.07 bits per heavy atom. The third kappa shape index (κ3) is 3.97. The normalized spacial score (nSPS) is 13.8. The average Bonchev–Trinajstić information content (AvgIpc) is 2.50. The van der Waals surface area contributed by atoms with E-state index in [9.17, 15) is 0 Å². The topological polar surface area (TPSA) is 68.2 Å². The van der Waals surface area contributed by atoms with Crippen molar-refractivity contribution < 1.29 is 4.52 Å². The van der Waals surface area contributed by atoms with Crippen LogP contribution in [0.3, 0.4) is 0 Å². The lowest BCUT2D eigenvalue weighted by atomic mass is 10.0. The van der Waals surface area contributed by atoms with E-state index in [0.717, 1.165) is 6.42 Å². The van der Waals surface area contributed by atoms with Crippen molar-refractivity contribution in [3.05, 3.63) is 11.7 Å². The zero-order valence-electron chi connectivity index (χ0n) is 9.90. The molecule has 0 saturated heterocycles. The van der Waals surface area contributed by atoms with Gasteiger partial charge in [-0.15, -0.1) is 0 Å². The summed E-state index contributed by atoms with van der Waals surface area (Å²) < 4.78 is 5.12. The number of nitrogens with zero attached hydrogens (tertiary/aromatic N) is 3. The van der Waals surface area contributed by atoms with Crippen molar-refractivity contribution in [1.82, 2.24) is 15.0 Å². The van der Waals surface area contributed by atoms with Gasteiger partial charge in [-0.1, -0.05) is 19.0 Å². The van der Waals surface area contributed by atoms with Crippen LogP contribution in [0.15, 0.2) is 4.52 Å². The van der Waals surface area contributed by atoms with Crippen LogP contribution < -0.4 is 5.73 Å². The molecule has 5 nitrogen and oxygen atoms in total. The molecule has 0 radical (unpaired) electrons. The fourth-order valence-electron chi connectivity index (χ4n) is 1.37. The molecule has 1 aromatic rings. The molecule has 86 valence electrons. The molecule has 0 fully saturated rings. The molecule has 0 aliphatic carbocycles. The Hall–Kier alpha value is -0.940. The average molecular weight is 212 g/mol. The van der Waals surface area contributed by atoms with Crippen molar-refractivity contribution in [1.29, 1.82) is 0 Å². The number of nitrogens with two attached hydrogens (primary N) is 1. The first-order valence-electron chi connectivity index (χ1n) is 5.21. The Morgan fingerprint density at radius 3 is 2.60 bits per heavy atom. The second kappa shape index (κ2) is 5.23. The summed E-state index contributed by atoms with van der Waals surface area (Å²) in [6, 6.07) is -0.145. The molecular weight excluding hydrogens is 192 g/mol. The maximum atomic E-state index is 5.93. The monoisotopic (exact) mass is 212 g/mol. The van der Waals surface area contributed by atoms with Gasteiger partial charge in [0, 0.05) is 0 Å². The predicted octanol–water partition coefficient (Wildman–Crippen LogP) is 1.18. The van der Waals surface area contributed by atoms with Crippen LogP contribution in [0.2, 0.25) is 0 Å². The lowest BCUT2D eigenvalue weighted by Crippen LogP contribution is -2.14. The molecule has 0 spiro atoms. The maximum Gasteiger partial charge on any atom is 0.243 e. The zero-order chi connectivity index (χ0) is 11.4. The number of hydrogen-bond donors (Lipinski definition) is 1. The standard InChI is InChI=1S/C10H20N4O/c1-7(2)5-8(11)10-12-9(13-15-10)6-14(3)4/h7-8H,5-6,11H2,1-4H3/t8-/m0/s1. The Bertz CT molecular complexity index is 295. The number of hydrogen-bond acceptors (Lipinski definition) is 5. The minimum Gasteiger partial charge on any atom is -0.338 e. The van der Waals surface area contributed by atoms with Crippen LogP contribution in [0.4, 0.5) is 0 Å². The van der Waals surface area contributed by atoms with Gasteiger partial charge in [-0.25, -0.2) is 0 Å². The minimum atomic E-state index is -0.145. The molecule has 1 atom stereocenters. The SMILES string of the molecule is CC(C)C[C@H](N)c1nc(CN(C)C)no1. The highest BCUT2D eigenvalue weighted by molar-refractivity contribution is 4.91. The molecule has 1 heterocycles. The van der Waals surface area contributed by atoms with Gasteiger partial charge in [0.2, 0.25) is 5.89 Å². The fourth-order valence-corrected chi connectivity index (χ4v) is 1.37. The van der Waals surface area contributed by atoms with Gasteiger partial charge in [-0.3, -0.25) is 0 Å². The second-order valence-electron chi connectivity index (χ2n) is 4.52. The Balaban J connectivity index is 2.58. The zero-order valence-corrected chi connectivity index (χ0v) is 9.90. The van der Waals surface area contributed by atoms with Crippen LogP contribution in [-0.2, 0) is 6.54 Å². The highest BCUT2D eigenvalue weighted by atomic mass is 16.5. The Kier molecular flexibility index (Phi) is 4.23. The third-order valence-corrected chi connectivity index (χ3v) is 1.98. The molecule has 0 bridgehead atoms. The fraction of sp³-hybridized carbons (Fsp3) is 0.800. The summed E-state index contributed by atoms with van der Waals surface area (Å²) in [5.41, 5.74) is 5.93. The second-order valence-corrected chi connectivity index (χ2v) is 4.52. The van der Waals surface area contributed by atoms with Crippen molar-refractivity contribution in [2.24, 2.45) is 11.7 Å². The van der Waals surface area contributed by atoms with Gasteiger partial charge in [-0.2, -0.15) is 4.98 Å². The molecular formula is C10H20N4O. The van der Waals surface area contributed by atoms with Crippen molar-refractivity contribution in [3.8, 4) is 0 Å². The molecule has 1 rings (SSSR count). The van der Waals surface area contributed by atoms with Crippen LogP contribution in [0.5, 0.6) is 0 Å². The lowest BCUT2D eigenvalue weighted by Gasteiger charge is -2.08. The van der Waals surface area contributed by atoms with Crippen molar-refractivity contribution in [2.45, 2.75) is 32.9 Å². The van der Waals surface area contributed by atoms with Gasteiger partial charge in [0.15, 0.2) is 5.82 Å². The first-order valence-corrected chi connectivity index (χ1v) is 5.21. The smallest absolute Gasteiger partial charge is 0.243 e. The summed E-state index contributed by atoms with van der Waals surface area (Å²) in [6.07, 6.45) is 0.865. The molecule has 0 amide bonds. The third-order valence-electron chi connectivity index (χ3n) is 1.98. The van der Waals surface area contributed by atoms with Crippen molar-refractivity contribution in [2.75, 3.05) is 14.1 Å². The molecule has 0 aliphatic heterocycles. The van der Waals surface area contributed by atoms with Crippen LogP contribution >= 0.6 is 0 Å². The predicted molar refractivity (Wildman–Crippen MR) is 58.1 cm³/mol. The van der Waals surface area contributed by atoms with E-state index in [4.69, 9.17) is 10.3 Å². The van der Waals surface area contributed by atoms with Gasteiger partial charge < -0.3 is 15.2 Å². The largest absolute Gasteiger partial charge is 0.338 e. The first-order chi connectivity index (χ1) is 6.99. The molecule has 0 unspecified atom stereocenters. The number of aromatic nitrogens is 2. The first kappa shape index (κ1) is 12.1. The van der Waals surface area contributed by atoms with E-state index < -0.39 is 0 Å². The summed E-state index contributed by atoms with van der Waals surface area (Å²) in [4.78, 5) is 6.25. The van der Waals surface area contributed by atoms with E-state index in [2.05, 4.69) is 24.0 Å². The molecule has 2 N–H and O–H groups in total. The van der Waals surface area contributed by atoms with Crippen LogP contribution in [0.1, 0.15) is 38.0 Å². The Labute approximate surface area is 90.6 Å². The maximum absolute atomic E-state index is 5.93. The highest BCUT2D eigenvalue weighted by Gasteiger charge is 2.16. The van der Waals surface area contributed by atoms with Gasteiger partial charge in [0.05, 0.1) is 12.6 Å². The van der Waals surface area contributed by atoms with Crippen molar-refractivity contribution >= 4 is 0 Å². The van der Waals surface area contributed by atoms with Crippen LogP contribution in [0, 0.1) is 5.92 Å². The van der Waals surface area contributed by atoms with E-state index in [-0.39, 0.29) is 6.04 Å². The summed E-state index contributed by atoms with van der Waals surface area (Å²) in [6.45, 7) is 4.92. The molecule has 0 saturated carbocycles. The van der Waals surface area contributed by atoms with Gasteiger partial charge in [0.25, 0.3) is 0 Å². The van der Waals surface area contributed by atoms with E-state index in [1.165, 1.54) is 0 Å². The summed E-state index contributed by atoms with van der Waals surface area (Å²) >= 11 is 0. The van der Waals surface area contributed by atoms with Crippen LogP contribution in [0.25, 0.3) is 0 Å². The van der Waals surface area contributed by atoms with Crippen molar-refractivity contribution in [3.63, 3.8) is 0 Å². The quantitative estimate of drug-likeness (QED) is 0.793. The Morgan fingerprint density at radius 1 is 1.40 bits per heavy atom. The molecule has 5 heteroatoms.